The normalized spacial score (nSPS) is 21.9. The summed E-state index contributed by atoms with van der Waals surface area (Å²) in [6.07, 6.45) is 2.15. The molecule has 2 heterocycles. The lowest BCUT2D eigenvalue weighted by Crippen LogP contribution is -2.44. The number of rotatable bonds is 5. The molecule has 0 radical (unpaired) electrons. The number of hydrogen-bond acceptors (Lipinski definition) is 4. The first-order valence-corrected chi connectivity index (χ1v) is 8.98. The molecular formula is C17H21Cl2NO4. The van der Waals surface area contributed by atoms with E-state index >= 15 is 0 Å². The summed E-state index contributed by atoms with van der Waals surface area (Å²) in [5.41, 5.74) is 0. The summed E-state index contributed by atoms with van der Waals surface area (Å²) in [7, 11) is 0. The minimum atomic E-state index is -0.165. The Balaban J connectivity index is 1.47. The van der Waals surface area contributed by atoms with Gasteiger partial charge in [-0.2, -0.15) is 0 Å². The molecule has 0 bridgehead atoms. The molecule has 2 saturated heterocycles. The van der Waals surface area contributed by atoms with Crippen LogP contribution in [0.2, 0.25) is 10.0 Å². The summed E-state index contributed by atoms with van der Waals surface area (Å²) in [6, 6.07) is 5.20. The fraction of sp³-hybridized carbons (Fsp3) is 0.588. The van der Waals surface area contributed by atoms with Crippen LogP contribution in [0.5, 0.6) is 5.75 Å². The summed E-state index contributed by atoms with van der Waals surface area (Å²) in [6.45, 7) is 3.02. The van der Waals surface area contributed by atoms with Crippen LogP contribution in [0.25, 0.3) is 0 Å². The fourth-order valence-electron chi connectivity index (χ4n) is 3.11. The Morgan fingerprint density at radius 1 is 1.29 bits per heavy atom. The number of carbonyl (C=O) groups excluding carboxylic acids is 1. The van der Waals surface area contributed by atoms with Gasteiger partial charge in [-0.1, -0.05) is 29.3 Å². The predicted octanol–water partition coefficient (Wildman–Crippen LogP) is 3.37. The molecule has 0 aliphatic carbocycles. The van der Waals surface area contributed by atoms with Crippen molar-refractivity contribution in [3.63, 3.8) is 0 Å². The first kappa shape index (κ1) is 17.8. The van der Waals surface area contributed by atoms with Crippen LogP contribution in [0.4, 0.5) is 0 Å². The van der Waals surface area contributed by atoms with Crippen molar-refractivity contribution in [3.8, 4) is 5.75 Å². The van der Waals surface area contributed by atoms with E-state index in [1.807, 2.05) is 4.90 Å². The van der Waals surface area contributed by atoms with E-state index in [-0.39, 0.29) is 24.7 Å². The Hall–Kier alpha value is -1.01. The molecule has 1 aromatic rings. The van der Waals surface area contributed by atoms with Crippen LogP contribution in [0.3, 0.4) is 0 Å². The Kier molecular flexibility index (Phi) is 6.22. The van der Waals surface area contributed by atoms with E-state index < -0.39 is 0 Å². The first-order chi connectivity index (χ1) is 11.6. The second kappa shape index (κ2) is 8.39. The van der Waals surface area contributed by atoms with Crippen LogP contribution in [-0.2, 0) is 14.3 Å². The molecule has 2 aliphatic heterocycles. The van der Waals surface area contributed by atoms with Gasteiger partial charge in [0.2, 0.25) is 5.91 Å². The van der Waals surface area contributed by atoms with E-state index in [9.17, 15) is 4.79 Å². The molecule has 2 fully saturated rings. The quantitative estimate of drug-likeness (QED) is 0.793. The third-order valence-corrected chi connectivity index (χ3v) is 5.13. The average molecular weight is 374 g/mol. The topological polar surface area (TPSA) is 48.0 Å². The van der Waals surface area contributed by atoms with Gasteiger partial charge in [0, 0.05) is 19.0 Å². The monoisotopic (exact) mass is 373 g/mol. The van der Waals surface area contributed by atoms with E-state index in [1.54, 1.807) is 18.2 Å². The molecule has 24 heavy (non-hydrogen) atoms. The maximum absolute atomic E-state index is 12.4. The molecule has 0 N–H and O–H groups in total. The van der Waals surface area contributed by atoms with E-state index in [0.29, 0.717) is 42.0 Å². The zero-order chi connectivity index (χ0) is 16.9. The maximum Gasteiger partial charge on any atom is 0.226 e. The average Bonchev–Trinajstić information content (AvgIpc) is 3.13. The van der Waals surface area contributed by atoms with Crippen molar-refractivity contribution in [2.75, 3.05) is 32.9 Å². The summed E-state index contributed by atoms with van der Waals surface area (Å²) in [4.78, 5) is 14.3. The highest BCUT2D eigenvalue weighted by atomic mass is 35.5. The minimum Gasteiger partial charge on any atom is -0.491 e. The van der Waals surface area contributed by atoms with Crippen molar-refractivity contribution in [2.45, 2.75) is 25.6 Å². The molecule has 1 unspecified atom stereocenters. The Bertz CT molecular complexity index is 578. The molecule has 3 rings (SSSR count). The number of ether oxygens (including phenoxy) is 3. The molecule has 132 valence electrons. The third-order valence-electron chi connectivity index (χ3n) is 4.33. The fourth-order valence-corrected chi connectivity index (χ4v) is 3.46. The smallest absolute Gasteiger partial charge is 0.226 e. The van der Waals surface area contributed by atoms with Crippen molar-refractivity contribution < 1.29 is 19.0 Å². The predicted molar refractivity (Wildman–Crippen MR) is 91.6 cm³/mol. The zero-order valence-electron chi connectivity index (χ0n) is 13.4. The van der Waals surface area contributed by atoms with Crippen molar-refractivity contribution in [2.24, 2.45) is 5.92 Å². The number of piperidine rings is 1. The molecular weight excluding hydrogens is 353 g/mol. The number of likely N-dealkylation sites (tertiary alicyclic amines) is 1. The Morgan fingerprint density at radius 3 is 2.88 bits per heavy atom. The van der Waals surface area contributed by atoms with Crippen LogP contribution in [0.15, 0.2) is 18.2 Å². The lowest BCUT2D eigenvalue weighted by molar-refractivity contribution is -0.139. The zero-order valence-corrected chi connectivity index (χ0v) is 14.9. The number of carbonyl (C=O) groups is 1. The molecule has 5 nitrogen and oxygen atoms in total. The van der Waals surface area contributed by atoms with Crippen LogP contribution in [0, 0.1) is 5.92 Å². The molecule has 1 atom stereocenters. The van der Waals surface area contributed by atoms with Gasteiger partial charge in [-0.25, -0.2) is 0 Å². The van der Waals surface area contributed by atoms with Crippen molar-refractivity contribution in [3.05, 3.63) is 28.2 Å². The van der Waals surface area contributed by atoms with Gasteiger partial charge in [0.15, 0.2) is 6.29 Å². The highest BCUT2D eigenvalue weighted by molar-refractivity contribution is 6.42. The van der Waals surface area contributed by atoms with Gasteiger partial charge in [0.25, 0.3) is 0 Å². The number of amides is 1. The van der Waals surface area contributed by atoms with Crippen molar-refractivity contribution >= 4 is 29.1 Å². The summed E-state index contributed by atoms with van der Waals surface area (Å²) < 4.78 is 16.7. The van der Waals surface area contributed by atoms with E-state index in [1.165, 1.54) is 0 Å². The Morgan fingerprint density at radius 2 is 2.08 bits per heavy atom. The van der Waals surface area contributed by atoms with Crippen molar-refractivity contribution in [1.29, 1.82) is 0 Å². The van der Waals surface area contributed by atoms with Crippen LogP contribution in [0.1, 0.15) is 19.3 Å². The van der Waals surface area contributed by atoms with E-state index in [4.69, 9.17) is 37.4 Å². The van der Waals surface area contributed by atoms with Gasteiger partial charge in [-0.3, -0.25) is 4.79 Å². The van der Waals surface area contributed by atoms with Gasteiger partial charge < -0.3 is 19.1 Å². The SMILES string of the molecule is O=C(CCOc1cccc(Cl)c1Cl)N1CCCC(C2OCCO2)C1. The largest absolute Gasteiger partial charge is 0.491 e. The van der Waals surface area contributed by atoms with Crippen LogP contribution >= 0.6 is 23.2 Å². The summed E-state index contributed by atoms with van der Waals surface area (Å²) in [5.74, 6) is 0.839. The van der Waals surface area contributed by atoms with E-state index in [0.717, 1.165) is 19.4 Å². The van der Waals surface area contributed by atoms with Crippen LogP contribution in [-0.4, -0.2) is 50.0 Å². The molecule has 1 aromatic carbocycles. The molecule has 0 aromatic heterocycles. The molecule has 1 amide bonds. The molecule has 7 heteroatoms. The lowest BCUT2D eigenvalue weighted by Gasteiger charge is -2.34. The number of benzene rings is 1. The van der Waals surface area contributed by atoms with Gasteiger partial charge in [0.1, 0.15) is 10.8 Å². The number of halogens is 2. The lowest BCUT2D eigenvalue weighted by atomic mass is 9.97. The number of nitrogens with zero attached hydrogens (tertiary/aromatic N) is 1. The highest BCUT2D eigenvalue weighted by Gasteiger charge is 2.32. The van der Waals surface area contributed by atoms with Gasteiger partial charge in [-0.05, 0) is 25.0 Å². The number of hydrogen-bond donors (Lipinski definition) is 0. The third kappa shape index (κ3) is 4.33. The second-order valence-corrected chi connectivity index (χ2v) is 6.79. The van der Waals surface area contributed by atoms with E-state index in [2.05, 4.69) is 0 Å². The highest BCUT2D eigenvalue weighted by Crippen LogP contribution is 2.31. The maximum atomic E-state index is 12.4. The summed E-state index contributed by atoms with van der Waals surface area (Å²) in [5, 5.41) is 0.816. The molecule has 2 aliphatic rings. The van der Waals surface area contributed by atoms with Gasteiger partial charge >= 0.3 is 0 Å². The Labute approximate surface area is 151 Å². The van der Waals surface area contributed by atoms with Gasteiger partial charge in [-0.15, -0.1) is 0 Å². The van der Waals surface area contributed by atoms with Crippen LogP contribution < -0.4 is 4.74 Å². The molecule has 0 saturated carbocycles. The minimum absolute atomic E-state index is 0.0795. The molecule has 0 spiro atoms. The summed E-state index contributed by atoms with van der Waals surface area (Å²) >= 11 is 12.0. The van der Waals surface area contributed by atoms with Crippen molar-refractivity contribution in [1.82, 2.24) is 4.90 Å². The first-order valence-electron chi connectivity index (χ1n) is 8.23. The second-order valence-electron chi connectivity index (χ2n) is 6.00. The standard InChI is InChI=1S/C17H21Cl2NO4/c18-13-4-1-5-14(16(13)19)22-8-6-15(21)20-7-2-3-12(11-20)17-23-9-10-24-17/h1,4-5,12,17H,2-3,6-11H2. The van der Waals surface area contributed by atoms with Gasteiger partial charge in [0.05, 0.1) is 31.3 Å².